The first-order chi connectivity index (χ1) is 15.6. The van der Waals surface area contributed by atoms with Crippen LogP contribution in [0.3, 0.4) is 0 Å². The molecule has 2 saturated heterocycles. The average molecular weight is 469 g/mol. The Morgan fingerprint density at radius 2 is 1.76 bits per heavy atom. The van der Waals surface area contributed by atoms with Crippen LogP contribution in [-0.2, 0) is 26.7 Å². The van der Waals surface area contributed by atoms with Crippen molar-refractivity contribution in [3.05, 3.63) is 59.7 Å². The Balaban J connectivity index is 1.50. The molecule has 0 radical (unpaired) electrons. The largest absolute Gasteiger partial charge is 0.508 e. The topological polar surface area (TPSA) is 77.9 Å². The van der Waals surface area contributed by atoms with Crippen molar-refractivity contribution >= 4 is 15.9 Å². The SMILES string of the molecule is CC1(C)[C@H]2Cc3c(O)cccc3[C@]1(C)CCN2C(=O)C1CCCN1S(=O)(=O)c1ccccc1. The second kappa shape index (κ2) is 7.57. The number of phenols is 1. The molecular formula is C26H32N2O4S. The van der Waals surface area contributed by atoms with Gasteiger partial charge in [-0.2, -0.15) is 4.31 Å². The highest BCUT2D eigenvalue weighted by Crippen LogP contribution is 2.57. The van der Waals surface area contributed by atoms with Gasteiger partial charge in [-0.1, -0.05) is 51.1 Å². The van der Waals surface area contributed by atoms with Gasteiger partial charge in [0.05, 0.1) is 4.90 Å². The number of aromatic hydroxyl groups is 1. The van der Waals surface area contributed by atoms with Crippen molar-refractivity contribution in [2.24, 2.45) is 5.41 Å². The van der Waals surface area contributed by atoms with Crippen molar-refractivity contribution in [1.82, 2.24) is 9.21 Å². The zero-order chi connectivity index (χ0) is 23.6. The highest BCUT2D eigenvalue weighted by atomic mass is 32.2. The average Bonchev–Trinajstić information content (AvgIpc) is 3.28. The van der Waals surface area contributed by atoms with E-state index in [-0.39, 0.29) is 33.4 Å². The third-order valence-corrected chi connectivity index (χ3v) is 10.7. The van der Waals surface area contributed by atoms with Crippen LogP contribution in [0.15, 0.2) is 53.4 Å². The van der Waals surface area contributed by atoms with Gasteiger partial charge in [0.2, 0.25) is 15.9 Å². The van der Waals surface area contributed by atoms with Gasteiger partial charge >= 0.3 is 0 Å². The molecule has 3 atom stereocenters. The third kappa shape index (κ3) is 3.16. The molecule has 1 aliphatic carbocycles. The maximum Gasteiger partial charge on any atom is 0.243 e. The van der Waals surface area contributed by atoms with Crippen molar-refractivity contribution in [2.75, 3.05) is 13.1 Å². The number of likely N-dealkylation sites (tertiary alicyclic amines) is 1. The Morgan fingerprint density at radius 1 is 1.03 bits per heavy atom. The molecule has 2 bridgehead atoms. The zero-order valence-electron chi connectivity index (χ0n) is 19.5. The summed E-state index contributed by atoms with van der Waals surface area (Å²) in [5.74, 6) is 0.175. The lowest BCUT2D eigenvalue weighted by atomic mass is 9.51. The lowest BCUT2D eigenvalue weighted by Gasteiger charge is -2.61. The predicted octanol–water partition coefficient (Wildman–Crippen LogP) is 3.69. The number of nitrogens with zero attached hydrogens (tertiary/aromatic N) is 2. The molecule has 0 spiro atoms. The molecule has 2 aromatic carbocycles. The smallest absolute Gasteiger partial charge is 0.243 e. The van der Waals surface area contributed by atoms with Crippen LogP contribution >= 0.6 is 0 Å². The number of piperidine rings is 1. The molecule has 1 amide bonds. The molecule has 176 valence electrons. The summed E-state index contributed by atoms with van der Waals surface area (Å²) in [6.07, 6.45) is 2.56. The van der Waals surface area contributed by atoms with Crippen molar-refractivity contribution in [3.63, 3.8) is 0 Å². The number of carbonyl (C=O) groups is 1. The van der Waals surface area contributed by atoms with E-state index in [4.69, 9.17) is 0 Å². The summed E-state index contributed by atoms with van der Waals surface area (Å²) in [6.45, 7) is 7.60. The minimum Gasteiger partial charge on any atom is -0.508 e. The van der Waals surface area contributed by atoms with Gasteiger partial charge in [-0.25, -0.2) is 8.42 Å². The lowest BCUT2D eigenvalue weighted by Crippen LogP contribution is -2.66. The fourth-order valence-electron chi connectivity index (χ4n) is 6.38. The number of rotatable bonds is 3. The first-order valence-corrected chi connectivity index (χ1v) is 13.2. The lowest BCUT2D eigenvalue weighted by molar-refractivity contribution is -0.147. The summed E-state index contributed by atoms with van der Waals surface area (Å²) in [7, 11) is -3.74. The first-order valence-electron chi connectivity index (χ1n) is 11.8. The van der Waals surface area contributed by atoms with Gasteiger partial charge in [-0.15, -0.1) is 0 Å². The number of carbonyl (C=O) groups excluding carboxylic acids is 1. The van der Waals surface area contributed by atoms with Gasteiger partial charge < -0.3 is 10.0 Å². The fourth-order valence-corrected chi connectivity index (χ4v) is 8.06. The van der Waals surface area contributed by atoms with E-state index in [2.05, 4.69) is 26.8 Å². The van der Waals surface area contributed by atoms with Gasteiger partial charge in [0.1, 0.15) is 11.8 Å². The minimum atomic E-state index is -3.74. The highest BCUT2D eigenvalue weighted by molar-refractivity contribution is 7.89. The van der Waals surface area contributed by atoms with Crippen molar-refractivity contribution in [1.29, 1.82) is 0 Å². The monoisotopic (exact) mass is 468 g/mol. The molecule has 2 heterocycles. The Labute approximate surface area is 196 Å². The number of fused-ring (bicyclic) bond motifs is 4. The quantitative estimate of drug-likeness (QED) is 0.745. The van der Waals surface area contributed by atoms with E-state index in [0.29, 0.717) is 32.4 Å². The summed E-state index contributed by atoms with van der Waals surface area (Å²) in [4.78, 5) is 16.1. The molecule has 7 heteroatoms. The molecule has 0 saturated carbocycles. The normalized spacial score (nSPS) is 29.0. The number of hydrogen-bond acceptors (Lipinski definition) is 4. The van der Waals surface area contributed by atoms with Crippen molar-refractivity contribution in [2.45, 2.75) is 68.8 Å². The zero-order valence-corrected chi connectivity index (χ0v) is 20.3. The van der Waals surface area contributed by atoms with Gasteiger partial charge in [-0.05, 0) is 60.4 Å². The van der Waals surface area contributed by atoms with Crippen LogP contribution in [0, 0.1) is 5.41 Å². The second-order valence-corrected chi connectivity index (χ2v) is 12.3. The van der Waals surface area contributed by atoms with E-state index in [1.165, 1.54) is 9.87 Å². The summed E-state index contributed by atoms with van der Waals surface area (Å²) in [6, 6.07) is 13.3. The summed E-state index contributed by atoms with van der Waals surface area (Å²) < 4.78 is 28.1. The maximum absolute atomic E-state index is 13.9. The van der Waals surface area contributed by atoms with Crippen LogP contribution in [0.5, 0.6) is 5.75 Å². The number of phenolic OH excluding ortho intramolecular Hbond substituents is 1. The van der Waals surface area contributed by atoms with Gasteiger partial charge in [0.25, 0.3) is 0 Å². The molecular weight excluding hydrogens is 436 g/mol. The van der Waals surface area contributed by atoms with Crippen LogP contribution in [0.2, 0.25) is 0 Å². The van der Waals surface area contributed by atoms with E-state index < -0.39 is 16.1 Å². The van der Waals surface area contributed by atoms with Gasteiger partial charge in [0.15, 0.2) is 0 Å². The summed E-state index contributed by atoms with van der Waals surface area (Å²) in [5.41, 5.74) is 1.70. The van der Waals surface area contributed by atoms with Gasteiger partial charge in [0, 0.05) is 24.5 Å². The van der Waals surface area contributed by atoms with Crippen LogP contribution in [0.1, 0.15) is 51.2 Å². The molecule has 6 nitrogen and oxygen atoms in total. The number of benzene rings is 2. The van der Waals surface area contributed by atoms with E-state index in [1.54, 1.807) is 36.4 Å². The Kier molecular flexibility index (Phi) is 5.14. The molecule has 5 rings (SSSR count). The third-order valence-electron chi connectivity index (χ3n) is 8.75. The number of sulfonamides is 1. The van der Waals surface area contributed by atoms with Gasteiger partial charge in [-0.3, -0.25) is 4.79 Å². The first kappa shape index (κ1) is 22.4. The summed E-state index contributed by atoms with van der Waals surface area (Å²) in [5, 5.41) is 10.6. The molecule has 3 aliphatic rings. The predicted molar refractivity (Wildman–Crippen MR) is 126 cm³/mol. The van der Waals surface area contributed by atoms with Crippen LogP contribution in [0.4, 0.5) is 0 Å². The number of hydrogen-bond donors (Lipinski definition) is 1. The van der Waals surface area contributed by atoms with Crippen LogP contribution < -0.4 is 0 Å². The maximum atomic E-state index is 13.9. The summed E-state index contributed by atoms with van der Waals surface area (Å²) >= 11 is 0. The van der Waals surface area contributed by atoms with E-state index in [9.17, 15) is 18.3 Å². The van der Waals surface area contributed by atoms with E-state index in [1.807, 2.05) is 11.0 Å². The molecule has 2 fully saturated rings. The highest BCUT2D eigenvalue weighted by Gasteiger charge is 2.58. The molecule has 33 heavy (non-hydrogen) atoms. The fraction of sp³-hybridized carbons (Fsp3) is 0.500. The molecule has 0 aromatic heterocycles. The Morgan fingerprint density at radius 3 is 2.48 bits per heavy atom. The Bertz CT molecular complexity index is 1190. The van der Waals surface area contributed by atoms with Crippen molar-refractivity contribution in [3.8, 4) is 5.75 Å². The Hall–Kier alpha value is -2.38. The van der Waals surface area contributed by atoms with Crippen LogP contribution in [-0.4, -0.2) is 53.8 Å². The molecule has 1 unspecified atom stereocenters. The molecule has 2 aliphatic heterocycles. The minimum absolute atomic E-state index is 0.105. The van der Waals surface area contributed by atoms with E-state index in [0.717, 1.165) is 12.0 Å². The molecule has 1 N–H and O–H groups in total. The van der Waals surface area contributed by atoms with Crippen LogP contribution in [0.25, 0.3) is 0 Å². The standard InChI is InChI=1S/C26H32N2O4S/c1-25(2)23-17-19-20(11-7-13-22(19)29)26(25,3)14-16-27(23)24(30)21-12-8-15-28(21)33(31,32)18-9-5-4-6-10-18/h4-7,9-11,13,21,23,29H,8,12,14-17H2,1-3H3/t21?,23-,26+/m1/s1. The number of amides is 1. The van der Waals surface area contributed by atoms with Crippen molar-refractivity contribution < 1.29 is 18.3 Å². The molecule has 2 aromatic rings. The van der Waals surface area contributed by atoms with E-state index >= 15 is 0 Å². The second-order valence-electron chi connectivity index (χ2n) is 10.4.